The van der Waals surface area contributed by atoms with E-state index in [0.29, 0.717) is 12.1 Å². The zero-order chi connectivity index (χ0) is 15.1. The molecular weight excluding hydrogens is 288 g/mol. The monoisotopic (exact) mass is 304 g/mol. The topological polar surface area (TPSA) is 78.4 Å². The third-order valence-electron chi connectivity index (χ3n) is 2.87. The Bertz CT molecular complexity index is 584. The van der Waals surface area contributed by atoms with E-state index in [1.807, 2.05) is 35.7 Å². The summed E-state index contributed by atoms with van der Waals surface area (Å²) in [6.07, 6.45) is -0.312. The maximum Gasteiger partial charge on any atom is 0.313 e. The minimum absolute atomic E-state index is 0.228. The molecule has 0 aliphatic carbocycles. The smallest absolute Gasteiger partial charge is 0.313 e. The summed E-state index contributed by atoms with van der Waals surface area (Å²) < 4.78 is 0. The second-order valence-corrected chi connectivity index (χ2v) is 5.22. The molecule has 0 spiro atoms. The van der Waals surface area contributed by atoms with E-state index < -0.39 is 17.9 Å². The van der Waals surface area contributed by atoms with Gasteiger partial charge in [0.05, 0.1) is 11.8 Å². The summed E-state index contributed by atoms with van der Waals surface area (Å²) in [7, 11) is 0. The summed E-state index contributed by atoms with van der Waals surface area (Å²) in [6, 6.07) is 10.9. The molecule has 1 aromatic carbocycles. The normalized spacial score (nSPS) is 11.7. The zero-order valence-electron chi connectivity index (χ0n) is 11.3. The molecule has 0 saturated heterocycles. The standard InChI is InChI=1S/C15H16N2O3S/c18-13(11-4-2-1-3-5-11)6-8-16-14(19)15(20)17-12-7-9-21-10-12/h1-5,7,9-10,13,18H,6,8H2,(H,16,19)(H,17,20). The molecule has 3 N–H and O–H groups in total. The predicted octanol–water partition coefficient (Wildman–Crippen LogP) is 1.93. The fourth-order valence-electron chi connectivity index (χ4n) is 1.77. The fraction of sp³-hybridized carbons (Fsp3) is 0.200. The van der Waals surface area contributed by atoms with Crippen molar-refractivity contribution in [1.29, 1.82) is 0 Å². The van der Waals surface area contributed by atoms with Crippen LogP contribution in [-0.4, -0.2) is 23.5 Å². The van der Waals surface area contributed by atoms with Gasteiger partial charge in [-0.3, -0.25) is 9.59 Å². The van der Waals surface area contributed by atoms with Crippen LogP contribution >= 0.6 is 11.3 Å². The highest BCUT2D eigenvalue weighted by atomic mass is 32.1. The van der Waals surface area contributed by atoms with Crippen LogP contribution in [0.5, 0.6) is 0 Å². The van der Waals surface area contributed by atoms with Crippen LogP contribution in [0.4, 0.5) is 5.69 Å². The maximum absolute atomic E-state index is 11.6. The van der Waals surface area contributed by atoms with E-state index in [-0.39, 0.29) is 6.54 Å². The predicted molar refractivity (Wildman–Crippen MR) is 82.0 cm³/mol. The summed E-state index contributed by atoms with van der Waals surface area (Å²) in [5, 5.41) is 18.5. The van der Waals surface area contributed by atoms with Gasteiger partial charge < -0.3 is 15.7 Å². The number of aliphatic hydroxyl groups excluding tert-OH is 1. The fourth-order valence-corrected chi connectivity index (χ4v) is 2.36. The van der Waals surface area contributed by atoms with Gasteiger partial charge in [0, 0.05) is 11.9 Å². The van der Waals surface area contributed by atoms with Crippen LogP contribution in [0.1, 0.15) is 18.1 Å². The highest BCUT2D eigenvalue weighted by molar-refractivity contribution is 7.08. The van der Waals surface area contributed by atoms with Crippen LogP contribution in [0, 0.1) is 0 Å². The van der Waals surface area contributed by atoms with E-state index in [0.717, 1.165) is 5.56 Å². The maximum atomic E-state index is 11.6. The molecule has 0 aliphatic rings. The Labute approximate surface area is 126 Å². The Morgan fingerprint density at radius 3 is 2.57 bits per heavy atom. The summed E-state index contributed by atoms with van der Waals surface area (Å²) in [5.41, 5.74) is 1.39. The van der Waals surface area contributed by atoms with Crippen molar-refractivity contribution in [1.82, 2.24) is 5.32 Å². The average Bonchev–Trinajstić information content (AvgIpc) is 3.00. The van der Waals surface area contributed by atoms with Crippen LogP contribution in [-0.2, 0) is 9.59 Å². The highest BCUT2D eigenvalue weighted by Gasteiger charge is 2.14. The minimum Gasteiger partial charge on any atom is -0.388 e. The molecular formula is C15H16N2O3S. The third-order valence-corrected chi connectivity index (χ3v) is 3.56. The number of hydrogen-bond acceptors (Lipinski definition) is 4. The lowest BCUT2D eigenvalue weighted by atomic mass is 10.1. The summed E-state index contributed by atoms with van der Waals surface area (Å²) in [5.74, 6) is -1.41. The lowest BCUT2D eigenvalue weighted by molar-refractivity contribution is -0.136. The van der Waals surface area contributed by atoms with Gasteiger partial charge in [-0.15, -0.1) is 0 Å². The first-order valence-electron chi connectivity index (χ1n) is 6.51. The molecule has 110 valence electrons. The Morgan fingerprint density at radius 2 is 1.90 bits per heavy atom. The van der Waals surface area contributed by atoms with Crippen molar-refractivity contribution < 1.29 is 14.7 Å². The molecule has 5 nitrogen and oxygen atoms in total. The molecule has 2 aromatic rings. The van der Waals surface area contributed by atoms with E-state index in [1.54, 1.807) is 11.4 Å². The van der Waals surface area contributed by atoms with Gasteiger partial charge in [0.2, 0.25) is 0 Å². The molecule has 0 fully saturated rings. The molecule has 21 heavy (non-hydrogen) atoms. The SMILES string of the molecule is O=C(NCCC(O)c1ccccc1)C(=O)Nc1ccsc1. The number of amides is 2. The zero-order valence-corrected chi connectivity index (χ0v) is 12.1. The third kappa shape index (κ3) is 4.70. The van der Waals surface area contributed by atoms with Gasteiger partial charge in [-0.2, -0.15) is 11.3 Å². The van der Waals surface area contributed by atoms with Crippen LogP contribution in [0.15, 0.2) is 47.2 Å². The van der Waals surface area contributed by atoms with Crippen molar-refractivity contribution in [3.05, 3.63) is 52.7 Å². The van der Waals surface area contributed by atoms with E-state index in [4.69, 9.17) is 0 Å². The Kier molecular flexibility index (Phi) is 5.48. The minimum atomic E-state index is -0.707. The molecule has 1 atom stereocenters. The highest BCUT2D eigenvalue weighted by Crippen LogP contribution is 2.15. The molecule has 0 bridgehead atoms. The molecule has 0 aliphatic heterocycles. The van der Waals surface area contributed by atoms with Gasteiger partial charge in [0.15, 0.2) is 0 Å². The number of thiophene rings is 1. The summed E-state index contributed by atoms with van der Waals surface area (Å²) in [6.45, 7) is 0.228. The number of rotatable bonds is 5. The molecule has 2 amide bonds. The number of benzene rings is 1. The van der Waals surface area contributed by atoms with Crippen LogP contribution in [0.2, 0.25) is 0 Å². The van der Waals surface area contributed by atoms with Crippen molar-refractivity contribution in [3.63, 3.8) is 0 Å². The van der Waals surface area contributed by atoms with Crippen molar-refractivity contribution >= 4 is 28.8 Å². The van der Waals surface area contributed by atoms with Crippen LogP contribution in [0.3, 0.4) is 0 Å². The largest absolute Gasteiger partial charge is 0.388 e. The van der Waals surface area contributed by atoms with Gasteiger partial charge >= 0.3 is 11.8 Å². The summed E-state index contributed by atoms with van der Waals surface area (Å²) in [4.78, 5) is 23.2. The van der Waals surface area contributed by atoms with Crippen molar-refractivity contribution in [3.8, 4) is 0 Å². The van der Waals surface area contributed by atoms with E-state index in [1.165, 1.54) is 11.3 Å². The Balaban J connectivity index is 1.73. The molecule has 2 rings (SSSR count). The van der Waals surface area contributed by atoms with Crippen molar-refractivity contribution in [2.75, 3.05) is 11.9 Å². The first-order chi connectivity index (χ1) is 10.2. The van der Waals surface area contributed by atoms with E-state index in [2.05, 4.69) is 10.6 Å². The molecule has 1 unspecified atom stereocenters. The van der Waals surface area contributed by atoms with Gasteiger partial charge in [0.25, 0.3) is 0 Å². The quantitative estimate of drug-likeness (QED) is 0.739. The number of aliphatic hydroxyl groups is 1. The first-order valence-corrected chi connectivity index (χ1v) is 7.45. The molecule has 1 heterocycles. The van der Waals surface area contributed by atoms with E-state index in [9.17, 15) is 14.7 Å². The van der Waals surface area contributed by atoms with Crippen molar-refractivity contribution in [2.24, 2.45) is 0 Å². The molecule has 0 saturated carbocycles. The van der Waals surface area contributed by atoms with E-state index >= 15 is 0 Å². The molecule has 1 aromatic heterocycles. The lowest BCUT2D eigenvalue weighted by Gasteiger charge is -2.11. The van der Waals surface area contributed by atoms with Gasteiger partial charge in [-0.25, -0.2) is 0 Å². The Hall–Kier alpha value is -2.18. The number of carbonyl (C=O) groups is 2. The average molecular weight is 304 g/mol. The second kappa shape index (κ2) is 7.56. The van der Waals surface area contributed by atoms with Gasteiger partial charge in [-0.1, -0.05) is 30.3 Å². The van der Waals surface area contributed by atoms with Crippen LogP contribution < -0.4 is 10.6 Å². The number of nitrogens with one attached hydrogen (secondary N) is 2. The lowest BCUT2D eigenvalue weighted by Crippen LogP contribution is -2.36. The number of anilines is 1. The second-order valence-electron chi connectivity index (χ2n) is 4.44. The van der Waals surface area contributed by atoms with Gasteiger partial charge in [-0.05, 0) is 23.4 Å². The Morgan fingerprint density at radius 1 is 1.14 bits per heavy atom. The molecule has 0 radical (unpaired) electrons. The van der Waals surface area contributed by atoms with Gasteiger partial charge in [0.1, 0.15) is 0 Å². The van der Waals surface area contributed by atoms with Crippen molar-refractivity contribution in [2.45, 2.75) is 12.5 Å². The number of hydrogen-bond donors (Lipinski definition) is 3. The van der Waals surface area contributed by atoms with Crippen LogP contribution in [0.25, 0.3) is 0 Å². The summed E-state index contributed by atoms with van der Waals surface area (Å²) >= 11 is 1.43. The molecule has 6 heteroatoms. The first kappa shape index (κ1) is 15.2. The number of carbonyl (C=O) groups excluding carboxylic acids is 2.